The number of nitriles is 1. The Morgan fingerprint density at radius 3 is 2.55 bits per heavy atom. The van der Waals surface area contributed by atoms with Gasteiger partial charge in [0, 0.05) is 23.3 Å². The highest BCUT2D eigenvalue weighted by Crippen LogP contribution is 2.44. The number of aromatic nitrogens is 4. The van der Waals surface area contributed by atoms with Crippen molar-refractivity contribution < 1.29 is 4.39 Å². The SMILES string of the molecule is [B]C(Nc1cc(Cl)c2ncc(C#N)c(NC3CC4CCC3CC4)c2c1)(c1ccc(F)cc1)c1cn(C2CC2)nn1. The molecule has 4 aromatic rings. The third kappa shape index (κ3) is 4.48. The quantitative estimate of drug-likeness (QED) is 0.262. The van der Waals surface area contributed by atoms with Crippen LogP contribution >= 0.6 is 11.6 Å². The largest absolute Gasteiger partial charge is 0.380 e. The molecule has 200 valence electrons. The third-order valence-electron chi connectivity index (χ3n) is 8.90. The van der Waals surface area contributed by atoms with Crippen LogP contribution in [0.1, 0.15) is 67.8 Å². The van der Waals surface area contributed by atoms with Gasteiger partial charge in [-0.15, -0.1) is 5.10 Å². The normalized spacial score (nSPS) is 23.5. The van der Waals surface area contributed by atoms with Gasteiger partial charge in [0.25, 0.3) is 0 Å². The Morgan fingerprint density at radius 1 is 1.10 bits per heavy atom. The second-order valence-electron chi connectivity index (χ2n) is 11.5. The van der Waals surface area contributed by atoms with E-state index in [1.165, 1.54) is 37.8 Å². The molecule has 4 aliphatic rings. The van der Waals surface area contributed by atoms with Crippen LogP contribution in [0.3, 0.4) is 0 Å². The van der Waals surface area contributed by atoms with Gasteiger partial charge < -0.3 is 10.6 Å². The van der Waals surface area contributed by atoms with E-state index in [0.29, 0.717) is 51.0 Å². The molecule has 2 radical (unpaired) electrons. The first-order valence-electron chi connectivity index (χ1n) is 14.0. The summed E-state index contributed by atoms with van der Waals surface area (Å²) < 4.78 is 15.7. The average molecular weight is 552 g/mol. The van der Waals surface area contributed by atoms with Gasteiger partial charge in [-0.2, -0.15) is 5.26 Å². The van der Waals surface area contributed by atoms with Crippen molar-refractivity contribution in [2.45, 2.75) is 62.5 Å². The molecular weight excluding hydrogens is 524 g/mol. The van der Waals surface area contributed by atoms with Crippen molar-refractivity contribution in [3.63, 3.8) is 0 Å². The van der Waals surface area contributed by atoms with Gasteiger partial charge in [-0.1, -0.05) is 41.8 Å². The van der Waals surface area contributed by atoms with Crippen molar-refractivity contribution in [2.24, 2.45) is 11.8 Å². The fraction of sp³-hybridized carbons (Fsp3) is 0.400. The second-order valence-corrected chi connectivity index (χ2v) is 11.9. The molecule has 0 amide bonds. The number of hydrogen-bond donors (Lipinski definition) is 2. The summed E-state index contributed by atoms with van der Waals surface area (Å²) in [5, 5.41) is 27.0. The number of nitrogens with one attached hydrogen (secondary N) is 2. The molecule has 7 nitrogen and oxygen atoms in total. The van der Waals surface area contributed by atoms with Crippen LogP contribution in [0.2, 0.25) is 5.02 Å². The van der Waals surface area contributed by atoms with E-state index in [0.717, 1.165) is 36.3 Å². The molecular formula is C30H28BClFN7. The van der Waals surface area contributed by atoms with Crippen LogP contribution in [0, 0.1) is 29.0 Å². The lowest BCUT2D eigenvalue weighted by molar-refractivity contribution is 0.158. The summed E-state index contributed by atoms with van der Waals surface area (Å²) in [6.45, 7) is 0. The molecule has 8 rings (SSSR count). The summed E-state index contributed by atoms with van der Waals surface area (Å²) in [5.74, 6) is 0.976. The minimum atomic E-state index is -1.33. The summed E-state index contributed by atoms with van der Waals surface area (Å²) in [5.41, 5.74) is 2.26. The molecule has 4 saturated carbocycles. The summed E-state index contributed by atoms with van der Waals surface area (Å²) in [6.07, 6.45) is 11.7. The maximum absolute atomic E-state index is 13.9. The standard InChI is InChI=1S/C30H28BClFN7/c31-30(20-5-7-21(33)8-6-20,27-16-40(39-38-27)23-9-10-23)37-22-12-24-28(19(14-34)15-35-29(24)25(32)13-22)36-26-11-17-1-3-18(26)4-2-17/h5-8,12-13,15-18,23,26,37H,1-4,9-11H2,(H,35,36). The Labute approximate surface area is 238 Å². The fourth-order valence-corrected chi connectivity index (χ4v) is 6.78. The Bertz CT molecular complexity index is 1620. The molecule has 4 aliphatic carbocycles. The molecule has 2 bridgehead atoms. The highest BCUT2D eigenvalue weighted by Gasteiger charge is 2.37. The molecule has 10 heteroatoms. The molecule has 4 fully saturated rings. The van der Waals surface area contributed by atoms with Crippen LogP contribution in [-0.2, 0) is 5.44 Å². The van der Waals surface area contributed by atoms with Crippen LogP contribution in [0.15, 0.2) is 48.8 Å². The van der Waals surface area contributed by atoms with E-state index in [9.17, 15) is 9.65 Å². The Kier molecular flexibility index (Phi) is 6.19. The predicted molar refractivity (Wildman–Crippen MR) is 154 cm³/mol. The van der Waals surface area contributed by atoms with E-state index in [4.69, 9.17) is 19.4 Å². The van der Waals surface area contributed by atoms with E-state index < -0.39 is 5.44 Å². The molecule has 2 unspecified atom stereocenters. The molecule has 0 saturated heterocycles. The predicted octanol–water partition coefficient (Wildman–Crippen LogP) is 6.30. The molecule has 0 spiro atoms. The van der Waals surface area contributed by atoms with E-state index >= 15 is 0 Å². The number of pyridine rings is 1. The number of rotatable bonds is 7. The van der Waals surface area contributed by atoms with Crippen LogP contribution < -0.4 is 10.6 Å². The van der Waals surface area contributed by atoms with E-state index in [2.05, 4.69) is 32.0 Å². The van der Waals surface area contributed by atoms with Gasteiger partial charge >= 0.3 is 0 Å². The number of anilines is 2. The summed E-state index contributed by atoms with van der Waals surface area (Å²) in [7, 11) is 7.06. The number of hydrogen-bond acceptors (Lipinski definition) is 6. The first-order valence-corrected chi connectivity index (χ1v) is 14.3. The Morgan fingerprint density at radius 2 is 1.88 bits per heavy atom. The highest BCUT2D eigenvalue weighted by atomic mass is 35.5. The van der Waals surface area contributed by atoms with Crippen LogP contribution in [0.5, 0.6) is 0 Å². The molecule has 2 atom stereocenters. The van der Waals surface area contributed by atoms with Crippen molar-refractivity contribution >= 4 is 41.7 Å². The van der Waals surface area contributed by atoms with Gasteiger partial charge in [0.05, 0.1) is 39.5 Å². The van der Waals surface area contributed by atoms with Crippen molar-refractivity contribution in [3.05, 3.63) is 76.5 Å². The molecule has 2 heterocycles. The first kappa shape index (κ1) is 25.3. The van der Waals surface area contributed by atoms with Crippen LogP contribution in [0.25, 0.3) is 10.9 Å². The number of fused-ring (bicyclic) bond motifs is 4. The van der Waals surface area contributed by atoms with Crippen molar-refractivity contribution in [2.75, 3.05) is 10.6 Å². The van der Waals surface area contributed by atoms with Gasteiger partial charge in [0.1, 0.15) is 25.4 Å². The second kappa shape index (κ2) is 9.77. The van der Waals surface area contributed by atoms with E-state index in [1.807, 2.05) is 16.9 Å². The molecule has 2 N–H and O–H groups in total. The van der Waals surface area contributed by atoms with Crippen LogP contribution in [0.4, 0.5) is 15.8 Å². The van der Waals surface area contributed by atoms with Gasteiger partial charge in [-0.3, -0.25) is 4.98 Å². The topological polar surface area (TPSA) is 91.5 Å². The van der Waals surface area contributed by atoms with Gasteiger partial charge in [-0.25, -0.2) is 9.07 Å². The summed E-state index contributed by atoms with van der Waals surface area (Å²) >= 11 is 6.80. The molecule has 2 aromatic carbocycles. The molecule has 0 aliphatic heterocycles. The summed E-state index contributed by atoms with van der Waals surface area (Å²) in [6, 6.07) is 12.7. The Balaban J connectivity index is 1.31. The zero-order valence-electron chi connectivity index (χ0n) is 21.9. The smallest absolute Gasteiger partial charge is 0.123 e. The van der Waals surface area contributed by atoms with Gasteiger partial charge in [-0.05, 0) is 73.8 Å². The maximum atomic E-state index is 13.9. The van der Waals surface area contributed by atoms with Gasteiger partial charge in [0.15, 0.2) is 0 Å². The molecule has 2 aromatic heterocycles. The molecule has 40 heavy (non-hydrogen) atoms. The van der Waals surface area contributed by atoms with Gasteiger partial charge in [0.2, 0.25) is 0 Å². The van der Waals surface area contributed by atoms with Crippen molar-refractivity contribution in [3.8, 4) is 6.07 Å². The minimum Gasteiger partial charge on any atom is -0.380 e. The average Bonchev–Trinajstić information content (AvgIpc) is 3.70. The monoisotopic (exact) mass is 551 g/mol. The number of halogens is 2. The minimum absolute atomic E-state index is 0.311. The third-order valence-corrected chi connectivity index (χ3v) is 9.19. The zero-order valence-corrected chi connectivity index (χ0v) is 22.7. The fourth-order valence-electron chi connectivity index (χ4n) is 6.51. The van der Waals surface area contributed by atoms with Crippen molar-refractivity contribution in [1.82, 2.24) is 20.0 Å². The lowest BCUT2D eigenvalue weighted by Crippen LogP contribution is -2.40. The first-order chi connectivity index (χ1) is 19.4. The summed E-state index contributed by atoms with van der Waals surface area (Å²) in [4.78, 5) is 4.53. The number of nitrogens with zero attached hydrogens (tertiary/aromatic N) is 5. The lowest BCUT2D eigenvalue weighted by atomic mass is 9.68. The van der Waals surface area contributed by atoms with E-state index in [-0.39, 0.29) is 5.82 Å². The highest BCUT2D eigenvalue weighted by molar-refractivity contribution is 6.36. The number of benzene rings is 2. The zero-order chi connectivity index (χ0) is 27.4. The van der Waals surface area contributed by atoms with E-state index in [1.54, 1.807) is 24.4 Å². The van der Waals surface area contributed by atoms with Crippen molar-refractivity contribution in [1.29, 1.82) is 5.26 Å². The lowest BCUT2D eigenvalue weighted by Gasteiger charge is -2.43. The van der Waals surface area contributed by atoms with Crippen LogP contribution in [-0.4, -0.2) is 33.9 Å². The Hall–Kier alpha value is -3.64. The maximum Gasteiger partial charge on any atom is 0.123 e.